The van der Waals surface area contributed by atoms with Crippen molar-refractivity contribution < 1.29 is 14.5 Å². The predicted octanol–water partition coefficient (Wildman–Crippen LogP) is 5.67. The molecule has 0 spiro atoms. The average molecular weight is 551 g/mol. The monoisotopic (exact) mass is 550 g/mol. The zero-order valence-corrected chi connectivity index (χ0v) is 23.0. The van der Waals surface area contributed by atoms with Crippen molar-refractivity contribution in [3.63, 3.8) is 0 Å². The van der Waals surface area contributed by atoms with Gasteiger partial charge in [-0.25, -0.2) is 4.98 Å². The van der Waals surface area contributed by atoms with Crippen LogP contribution in [0.25, 0.3) is 16.9 Å². The van der Waals surface area contributed by atoms with E-state index in [4.69, 9.17) is 15.5 Å². The lowest BCUT2D eigenvalue weighted by Gasteiger charge is -2.14. The fraction of sp³-hybridized carbons (Fsp3) is 0.161. The number of nitrogens with one attached hydrogen (secondary N) is 2. The third-order valence-electron chi connectivity index (χ3n) is 6.94. The van der Waals surface area contributed by atoms with Crippen molar-refractivity contribution in [2.75, 3.05) is 12.4 Å². The fourth-order valence-electron chi connectivity index (χ4n) is 4.77. The van der Waals surface area contributed by atoms with Crippen molar-refractivity contribution in [3.8, 4) is 17.0 Å². The second kappa shape index (κ2) is 11.5. The molecule has 0 unspecified atom stereocenters. The van der Waals surface area contributed by atoms with E-state index in [1.54, 1.807) is 30.5 Å². The molecule has 0 saturated carbocycles. The van der Waals surface area contributed by atoms with Crippen molar-refractivity contribution in [3.05, 3.63) is 117 Å². The predicted molar refractivity (Wildman–Crippen MR) is 159 cm³/mol. The smallest absolute Gasteiger partial charge is 0.311 e. The molecule has 0 aliphatic carbocycles. The van der Waals surface area contributed by atoms with Crippen LogP contribution in [0.1, 0.15) is 32.6 Å². The molecule has 0 aliphatic heterocycles. The summed E-state index contributed by atoms with van der Waals surface area (Å²) in [6, 6.07) is 21.9. The topological polar surface area (TPSA) is 137 Å². The fourth-order valence-corrected chi connectivity index (χ4v) is 4.77. The summed E-state index contributed by atoms with van der Waals surface area (Å²) >= 11 is 0. The lowest BCUT2D eigenvalue weighted by atomic mass is 10.1. The minimum atomic E-state index is -0.484. The third-order valence-corrected chi connectivity index (χ3v) is 6.94. The molecule has 3 aromatic carbocycles. The Labute approximate surface area is 236 Å². The first-order valence-electron chi connectivity index (χ1n) is 13.0. The van der Waals surface area contributed by atoms with Gasteiger partial charge in [0.15, 0.2) is 5.75 Å². The number of methoxy groups -OCH3 is 1. The molecule has 0 radical (unpaired) electrons. The SMILES string of the molecule is COc1ccc(-c2nc3cc(C(=O)NCc4cccc(CN)c4)ccn3c2Nc2c(C)cccc2C)cc1[N+](=O)[O-]. The zero-order valence-electron chi connectivity index (χ0n) is 23.0. The Kier molecular flexibility index (Phi) is 7.66. The van der Waals surface area contributed by atoms with E-state index < -0.39 is 4.92 Å². The second-order valence-electron chi connectivity index (χ2n) is 9.69. The Morgan fingerprint density at radius 2 is 1.76 bits per heavy atom. The minimum absolute atomic E-state index is 0.155. The summed E-state index contributed by atoms with van der Waals surface area (Å²) in [5.41, 5.74) is 12.4. The number of rotatable bonds is 9. The van der Waals surface area contributed by atoms with E-state index in [9.17, 15) is 14.9 Å². The molecule has 10 nitrogen and oxygen atoms in total. The summed E-state index contributed by atoms with van der Waals surface area (Å²) in [6.45, 7) is 4.78. The van der Waals surface area contributed by atoms with Crippen molar-refractivity contribution in [2.24, 2.45) is 5.73 Å². The molecule has 0 fully saturated rings. The number of fused-ring (bicyclic) bond motifs is 1. The number of amides is 1. The number of imidazole rings is 1. The molecule has 5 aromatic rings. The van der Waals surface area contributed by atoms with Crippen LogP contribution in [-0.2, 0) is 13.1 Å². The van der Waals surface area contributed by atoms with Crippen LogP contribution in [-0.4, -0.2) is 27.3 Å². The number of hydrogen-bond donors (Lipinski definition) is 3. The van der Waals surface area contributed by atoms with Gasteiger partial charge >= 0.3 is 5.69 Å². The van der Waals surface area contributed by atoms with Crippen LogP contribution in [0.3, 0.4) is 0 Å². The number of carbonyl (C=O) groups is 1. The molecule has 0 bridgehead atoms. The first kappa shape index (κ1) is 27.4. The number of nitro benzene ring substituents is 1. The van der Waals surface area contributed by atoms with Crippen LogP contribution >= 0.6 is 0 Å². The van der Waals surface area contributed by atoms with Crippen LogP contribution in [0, 0.1) is 24.0 Å². The number of anilines is 2. The Morgan fingerprint density at radius 3 is 2.46 bits per heavy atom. The van der Waals surface area contributed by atoms with Crippen LogP contribution in [0.2, 0.25) is 0 Å². The van der Waals surface area contributed by atoms with Gasteiger partial charge in [0.1, 0.15) is 17.2 Å². The average Bonchev–Trinajstić information content (AvgIpc) is 3.35. The highest BCUT2D eigenvalue weighted by molar-refractivity contribution is 5.95. The second-order valence-corrected chi connectivity index (χ2v) is 9.69. The summed E-state index contributed by atoms with van der Waals surface area (Å²) in [4.78, 5) is 29.2. The standard InChI is InChI=1S/C31H30N6O4/c1-19-6-4-7-20(2)28(19)35-30-29(23-10-11-26(41-3)25(15-23)37(39)40)34-27-16-24(12-13-36(27)30)31(38)33-18-22-9-5-8-21(14-22)17-32/h4-16,35H,17-18,32H2,1-3H3,(H,33,38). The molecule has 10 heteroatoms. The molecule has 0 atom stereocenters. The van der Waals surface area contributed by atoms with Crippen molar-refractivity contribution in [1.82, 2.24) is 14.7 Å². The first-order chi connectivity index (χ1) is 19.8. The highest BCUT2D eigenvalue weighted by Gasteiger charge is 2.22. The first-order valence-corrected chi connectivity index (χ1v) is 13.0. The molecule has 2 aromatic heterocycles. The lowest BCUT2D eigenvalue weighted by molar-refractivity contribution is -0.385. The van der Waals surface area contributed by atoms with Crippen LogP contribution < -0.4 is 21.1 Å². The van der Waals surface area contributed by atoms with Crippen LogP contribution in [0.15, 0.2) is 79.0 Å². The van der Waals surface area contributed by atoms with Gasteiger partial charge in [-0.15, -0.1) is 0 Å². The highest BCUT2D eigenvalue weighted by Crippen LogP contribution is 2.37. The molecule has 0 saturated heterocycles. The number of carbonyl (C=O) groups excluding carboxylic acids is 1. The van der Waals surface area contributed by atoms with Gasteiger partial charge in [0.25, 0.3) is 5.91 Å². The maximum absolute atomic E-state index is 13.1. The van der Waals surface area contributed by atoms with E-state index in [0.717, 1.165) is 27.9 Å². The number of aromatic nitrogens is 2. The quantitative estimate of drug-likeness (QED) is 0.159. The molecule has 0 aliphatic rings. The number of nitro groups is 1. The molecule has 5 rings (SSSR count). The van der Waals surface area contributed by atoms with E-state index in [1.165, 1.54) is 13.2 Å². The number of pyridine rings is 1. The van der Waals surface area contributed by atoms with Gasteiger partial charge in [-0.3, -0.25) is 19.3 Å². The molecular formula is C31H30N6O4. The van der Waals surface area contributed by atoms with Gasteiger partial charge < -0.3 is 21.1 Å². The van der Waals surface area contributed by atoms with Crippen molar-refractivity contribution in [1.29, 1.82) is 0 Å². The Balaban J connectivity index is 1.56. The van der Waals surface area contributed by atoms with Gasteiger partial charge in [-0.05, 0) is 60.4 Å². The number of nitrogens with two attached hydrogens (primary N) is 1. The number of nitrogens with zero attached hydrogens (tertiary/aromatic N) is 3. The summed E-state index contributed by atoms with van der Waals surface area (Å²) in [5.74, 6) is 0.518. The number of hydrogen-bond acceptors (Lipinski definition) is 7. The van der Waals surface area contributed by atoms with Crippen molar-refractivity contribution in [2.45, 2.75) is 26.9 Å². The molecule has 41 heavy (non-hydrogen) atoms. The molecule has 1 amide bonds. The maximum atomic E-state index is 13.1. The number of aryl methyl sites for hydroxylation is 2. The Hall–Kier alpha value is -5.22. The van der Waals surface area contributed by atoms with E-state index in [0.29, 0.717) is 41.4 Å². The zero-order chi connectivity index (χ0) is 29.1. The van der Waals surface area contributed by atoms with E-state index in [2.05, 4.69) is 10.6 Å². The van der Waals surface area contributed by atoms with Gasteiger partial charge in [0.2, 0.25) is 0 Å². The van der Waals surface area contributed by atoms with E-state index in [1.807, 2.05) is 60.7 Å². The summed E-state index contributed by atoms with van der Waals surface area (Å²) in [6.07, 6.45) is 1.77. The molecule has 4 N–H and O–H groups in total. The summed E-state index contributed by atoms with van der Waals surface area (Å²) in [7, 11) is 1.39. The lowest BCUT2D eigenvalue weighted by Crippen LogP contribution is -2.23. The van der Waals surface area contributed by atoms with Crippen molar-refractivity contribution >= 4 is 28.7 Å². The molecule has 2 heterocycles. The molecule has 208 valence electrons. The largest absolute Gasteiger partial charge is 0.490 e. The number of benzene rings is 3. The Bertz CT molecular complexity index is 1760. The van der Waals surface area contributed by atoms with Gasteiger partial charge in [0, 0.05) is 42.2 Å². The van der Waals surface area contributed by atoms with Crippen LogP contribution in [0.4, 0.5) is 17.2 Å². The Morgan fingerprint density at radius 1 is 1.02 bits per heavy atom. The van der Waals surface area contributed by atoms with E-state index >= 15 is 0 Å². The number of para-hydroxylation sites is 1. The summed E-state index contributed by atoms with van der Waals surface area (Å²) < 4.78 is 7.02. The third kappa shape index (κ3) is 5.59. The maximum Gasteiger partial charge on any atom is 0.311 e. The minimum Gasteiger partial charge on any atom is -0.490 e. The van der Waals surface area contributed by atoms with Gasteiger partial charge in [-0.1, -0.05) is 42.5 Å². The summed E-state index contributed by atoms with van der Waals surface area (Å²) in [5, 5.41) is 18.2. The van der Waals surface area contributed by atoms with Gasteiger partial charge in [-0.2, -0.15) is 0 Å². The van der Waals surface area contributed by atoms with Gasteiger partial charge in [0.05, 0.1) is 12.0 Å². The normalized spacial score (nSPS) is 10.9. The number of ether oxygens (including phenoxy) is 1. The highest BCUT2D eigenvalue weighted by atomic mass is 16.6. The van der Waals surface area contributed by atoms with E-state index in [-0.39, 0.29) is 17.3 Å². The molecular weight excluding hydrogens is 520 g/mol. The van der Waals surface area contributed by atoms with Crippen LogP contribution in [0.5, 0.6) is 5.75 Å².